The number of carbonyl (C=O) groups excluding carboxylic acids is 4. The van der Waals surface area contributed by atoms with Crippen LogP contribution in [0.5, 0.6) is 0 Å². The van der Waals surface area contributed by atoms with Crippen molar-refractivity contribution in [1.82, 2.24) is 10.2 Å². The number of ether oxygens (including phenoxy) is 1. The molecule has 9 nitrogen and oxygen atoms in total. The molecule has 2 heterocycles. The Morgan fingerprint density at radius 1 is 0.907 bits per heavy atom. The van der Waals surface area contributed by atoms with Gasteiger partial charge in [-0.25, -0.2) is 4.79 Å². The Balaban J connectivity index is 1.14. The highest BCUT2D eigenvalue weighted by Crippen LogP contribution is 2.39. The van der Waals surface area contributed by atoms with E-state index in [1.165, 1.54) is 28.7 Å². The summed E-state index contributed by atoms with van der Waals surface area (Å²) in [5.41, 5.74) is 5.44. The van der Waals surface area contributed by atoms with E-state index in [0.29, 0.717) is 34.8 Å². The van der Waals surface area contributed by atoms with Crippen LogP contribution in [-0.4, -0.2) is 47.0 Å². The number of hydrogen-bond donors (Lipinski definition) is 3. The van der Waals surface area contributed by atoms with Crippen LogP contribution >= 0.6 is 23.1 Å². The van der Waals surface area contributed by atoms with Crippen LogP contribution in [0.3, 0.4) is 0 Å². The van der Waals surface area contributed by atoms with Gasteiger partial charge < -0.3 is 20.7 Å². The van der Waals surface area contributed by atoms with Gasteiger partial charge in [0.05, 0.1) is 17.4 Å². The van der Waals surface area contributed by atoms with Gasteiger partial charge >= 0.3 is 5.97 Å². The van der Waals surface area contributed by atoms with Gasteiger partial charge in [-0.1, -0.05) is 84.4 Å². The molecule has 4 aromatic carbocycles. The van der Waals surface area contributed by atoms with Gasteiger partial charge in [-0.15, -0.1) is 23.1 Å². The van der Waals surface area contributed by atoms with Crippen molar-refractivity contribution in [3.63, 3.8) is 0 Å². The van der Waals surface area contributed by atoms with Crippen molar-refractivity contribution in [2.75, 3.05) is 23.8 Å². The minimum Gasteiger partial charge on any atom is -0.462 e. The SMILES string of the molecule is CCOC(=O)c1c(NC(=O)C(C)Sc2cccc(NC(=O)/C(=C/c3ccc(C)cc3)NC(=O)c3ccccc3)c2)sc2c1CCN(Cc1ccccc1)C2. The minimum absolute atomic E-state index is 0.0812. The zero-order chi connectivity index (χ0) is 38.0. The number of benzene rings is 4. The van der Waals surface area contributed by atoms with Gasteiger partial charge in [-0.3, -0.25) is 19.3 Å². The van der Waals surface area contributed by atoms with Crippen molar-refractivity contribution in [1.29, 1.82) is 0 Å². The number of fused-ring (bicyclic) bond motifs is 1. The van der Waals surface area contributed by atoms with Gasteiger partial charge in [0.2, 0.25) is 5.91 Å². The molecule has 3 N–H and O–H groups in total. The van der Waals surface area contributed by atoms with Crippen molar-refractivity contribution in [3.05, 3.63) is 153 Å². The average molecular weight is 759 g/mol. The lowest BCUT2D eigenvalue weighted by Gasteiger charge is -2.27. The van der Waals surface area contributed by atoms with E-state index in [9.17, 15) is 19.2 Å². The fraction of sp³-hybridized carbons (Fsp3) is 0.209. The molecule has 1 atom stereocenters. The Hall–Kier alpha value is -5.49. The third-order valence-corrected chi connectivity index (χ3v) is 11.0. The maximum atomic E-state index is 13.6. The molecule has 0 bridgehead atoms. The topological polar surface area (TPSA) is 117 Å². The molecule has 0 radical (unpaired) electrons. The van der Waals surface area contributed by atoms with Gasteiger partial charge in [0.1, 0.15) is 10.7 Å². The maximum Gasteiger partial charge on any atom is 0.341 e. The Kier molecular flexibility index (Phi) is 12.8. The highest BCUT2D eigenvalue weighted by Gasteiger charge is 2.30. The number of carbonyl (C=O) groups is 4. The molecule has 6 rings (SSSR count). The summed E-state index contributed by atoms with van der Waals surface area (Å²) < 4.78 is 5.43. The average Bonchev–Trinajstić information content (AvgIpc) is 3.53. The molecule has 1 unspecified atom stereocenters. The summed E-state index contributed by atoms with van der Waals surface area (Å²) in [5.74, 6) is -1.59. The van der Waals surface area contributed by atoms with Gasteiger partial charge in [0.25, 0.3) is 11.8 Å². The molecule has 5 aromatic rings. The van der Waals surface area contributed by atoms with Crippen LogP contribution in [0.4, 0.5) is 10.7 Å². The molecule has 0 saturated heterocycles. The highest BCUT2D eigenvalue weighted by atomic mass is 32.2. The summed E-state index contributed by atoms with van der Waals surface area (Å²) in [5, 5.41) is 8.67. The minimum atomic E-state index is -0.540. The van der Waals surface area contributed by atoms with Gasteiger partial charge in [0, 0.05) is 40.7 Å². The molecule has 1 aromatic heterocycles. The van der Waals surface area contributed by atoms with Crippen LogP contribution in [0.15, 0.2) is 120 Å². The Bertz CT molecular complexity index is 2150. The first-order valence-corrected chi connectivity index (χ1v) is 19.5. The monoisotopic (exact) mass is 758 g/mol. The van der Waals surface area contributed by atoms with E-state index in [1.807, 2.05) is 61.5 Å². The van der Waals surface area contributed by atoms with Crippen LogP contribution in [0, 0.1) is 6.92 Å². The number of esters is 1. The first-order valence-electron chi connectivity index (χ1n) is 17.8. The van der Waals surface area contributed by atoms with Crippen LogP contribution < -0.4 is 16.0 Å². The fourth-order valence-corrected chi connectivity index (χ4v) is 8.24. The molecular weight excluding hydrogens is 717 g/mol. The molecule has 11 heteroatoms. The lowest BCUT2D eigenvalue weighted by molar-refractivity contribution is -0.115. The van der Waals surface area contributed by atoms with Crippen molar-refractivity contribution in [2.45, 2.75) is 50.4 Å². The van der Waals surface area contributed by atoms with E-state index in [1.54, 1.807) is 62.4 Å². The van der Waals surface area contributed by atoms with E-state index in [0.717, 1.165) is 39.6 Å². The summed E-state index contributed by atoms with van der Waals surface area (Å²) in [4.78, 5) is 57.6. The van der Waals surface area contributed by atoms with Crippen LogP contribution in [-0.2, 0) is 33.8 Å². The van der Waals surface area contributed by atoms with Crippen LogP contribution in [0.25, 0.3) is 6.08 Å². The molecule has 0 aliphatic carbocycles. The van der Waals surface area contributed by atoms with E-state index < -0.39 is 23.0 Å². The second-order valence-electron chi connectivity index (χ2n) is 12.9. The fourth-order valence-electron chi connectivity index (χ4n) is 6.03. The summed E-state index contributed by atoms with van der Waals surface area (Å²) >= 11 is 2.76. The smallest absolute Gasteiger partial charge is 0.341 e. The summed E-state index contributed by atoms with van der Waals surface area (Å²) in [6, 6.07) is 33.8. The first-order chi connectivity index (χ1) is 26.2. The number of thiophene rings is 1. The quantitative estimate of drug-likeness (QED) is 0.0629. The predicted molar refractivity (Wildman–Crippen MR) is 217 cm³/mol. The largest absolute Gasteiger partial charge is 0.462 e. The lowest BCUT2D eigenvalue weighted by Crippen LogP contribution is -2.30. The molecule has 276 valence electrons. The van der Waals surface area contributed by atoms with Gasteiger partial charge in [-0.2, -0.15) is 0 Å². The van der Waals surface area contributed by atoms with Crippen molar-refractivity contribution < 1.29 is 23.9 Å². The number of amides is 3. The van der Waals surface area contributed by atoms with Crippen molar-refractivity contribution in [2.24, 2.45) is 0 Å². The molecular formula is C43H42N4O5S2. The van der Waals surface area contributed by atoms with E-state index >= 15 is 0 Å². The molecule has 1 aliphatic heterocycles. The zero-order valence-corrected chi connectivity index (χ0v) is 32.0. The Morgan fingerprint density at radius 2 is 1.63 bits per heavy atom. The summed E-state index contributed by atoms with van der Waals surface area (Å²) in [6.45, 7) is 8.05. The van der Waals surface area contributed by atoms with Gasteiger partial charge in [0.15, 0.2) is 0 Å². The standard InChI is InChI=1S/C43H42N4O5S2/c1-4-52-43(51)38-35-22-23-47(26-31-12-7-5-8-13-31)27-37(35)54-42(38)46-39(48)29(3)53-34-17-11-16-33(25-34)44-41(50)36(24-30-20-18-28(2)19-21-30)45-40(49)32-14-9-6-10-15-32/h5-21,24-25,29H,4,22-23,26-27H2,1-3H3,(H,44,50)(H,45,49)(H,46,48)/b36-24-. The number of aryl methyl sites for hydroxylation is 1. The number of rotatable bonds is 13. The van der Waals surface area contributed by atoms with Crippen LogP contribution in [0.2, 0.25) is 0 Å². The number of anilines is 2. The lowest BCUT2D eigenvalue weighted by atomic mass is 10.0. The Morgan fingerprint density at radius 3 is 2.35 bits per heavy atom. The summed E-state index contributed by atoms with van der Waals surface area (Å²) in [6.07, 6.45) is 2.32. The van der Waals surface area contributed by atoms with E-state index in [-0.39, 0.29) is 18.2 Å². The van der Waals surface area contributed by atoms with Crippen molar-refractivity contribution >= 4 is 63.6 Å². The summed E-state index contributed by atoms with van der Waals surface area (Å²) in [7, 11) is 0. The molecule has 3 amide bonds. The Labute approximate surface area is 323 Å². The molecule has 1 aliphatic rings. The van der Waals surface area contributed by atoms with E-state index in [2.05, 4.69) is 33.0 Å². The number of nitrogens with one attached hydrogen (secondary N) is 3. The van der Waals surface area contributed by atoms with Crippen molar-refractivity contribution in [3.8, 4) is 0 Å². The second-order valence-corrected chi connectivity index (χ2v) is 15.4. The third-order valence-electron chi connectivity index (χ3n) is 8.79. The number of hydrogen-bond acceptors (Lipinski definition) is 8. The molecule has 0 saturated carbocycles. The normalized spacial score (nSPS) is 13.4. The maximum absolute atomic E-state index is 13.6. The second kappa shape index (κ2) is 18.0. The molecule has 0 fully saturated rings. The first kappa shape index (κ1) is 38.2. The number of thioether (sulfide) groups is 1. The number of nitrogens with zero attached hydrogens (tertiary/aromatic N) is 1. The third kappa shape index (κ3) is 9.93. The molecule has 54 heavy (non-hydrogen) atoms. The van der Waals surface area contributed by atoms with Gasteiger partial charge in [-0.05, 0) is 80.3 Å². The molecule has 0 spiro atoms. The zero-order valence-electron chi connectivity index (χ0n) is 30.4. The van der Waals surface area contributed by atoms with E-state index in [4.69, 9.17) is 4.74 Å². The highest BCUT2D eigenvalue weighted by molar-refractivity contribution is 8.00. The predicted octanol–water partition coefficient (Wildman–Crippen LogP) is 8.32. The van der Waals surface area contributed by atoms with Crippen LogP contribution in [0.1, 0.15) is 61.7 Å².